The number of hydrogen-bond acceptors (Lipinski definition) is 8. The standard InChI is InChI=1S/C26H43O8P/c1-2-3-4-5-6-7-8-9-10-11-12-16-19-30-26-24(28)23(27)25-22(32-26)20-31-35(29,34-25)33-21-17-14-13-15-18-21/h13-15,17-18,22-28H,2-12,16,19-20H2,1H3/t22-,23-,24-,25-,26-,35-/m1/s1. The van der Waals surface area contributed by atoms with E-state index >= 15 is 0 Å². The molecule has 0 radical (unpaired) electrons. The van der Waals surface area contributed by atoms with E-state index in [4.69, 9.17) is 23.0 Å². The first kappa shape index (κ1) is 28.6. The van der Waals surface area contributed by atoms with Gasteiger partial charge in [0.1, 0.15) is 30.2 Å². The van der Waals surface area contributed by atoms with Crippen molar-refractivity contribution in [2.75, 3.05) is 13.2 Å². The van der Waals surface area contributed by atoms with Gasteiger partial charge in [-0.2, -0.15) is 0 Å². The Morgan fingerprint density at radius 2 is 1.49 bits per heavy atom. The molecule has 2 aliphatic heterocycles. The summed E-state index contributed by atoms with van der Waals surface area (Å²) in [5, 5.41) is 21.1. The van der Waals surface area contributed by atoms with Gasteiger partial charge in [0.15, 0.2) is 6.29 Å². The van der Waals surface area contributed by atoms with Crippen LogP contribution in [-0.2, 0) is 23.1 Å². The van der Waals surface area contributed by atoms with Crippen molar-refractivity contribution >= 4 is 7.82 Å². The summed E-state index contributed by atoms with van der Waals surface area (Å²) in [5.74, 6) is 0.324. The topological polar surface area (TPSA) is 104 Å². The number of phosphoric ester groups is 1. The zero-order valence-electron chi connectivity index (χ0n) is 21.0. The average Bonchev–Trinajstić information content (AvgIpc) is 2.86. The zero-order valence-corrected chi connectivity index (χ0v) is 21.9. The molecular formula is C26H43O8P. The lowest BCUT2D eigenvalue weighted by Crippen LogP contribution is -2.61. The highest BCUT2D eigenvalue weighted by molar-refractivity contribution is 7.49. The lowest BCUT2D eigenvalue weighted by atomic mass is 9.99. The molecule has 2 saturated heterocycles. The Hall–Kier alpha value is -0.990. The van der Waals surface area contributed by atoms with Gasteiger partial charge in [-0.05, 0) is 18.6 Å². The Balaban J connectivity index is 1.28. The van der Waals surface area contributed by atoms with Crippen LogP contribution in [0.1, 0.15) is 84.0 Å². The maximum absolute atomic E-state index is 12.9. The highest BCUT2D eigenvalue weighted by atomic mass is 31.2. The molecule has 8 nitrogen and oxygen atoms in total. The van der Waals surface area contributed by atoms with Gasteiger partial charge in [-0.15, -0.1) is 0 Å². The van der Waals surface area contributed by atoms with Crippen LogP contribution in [-0.4, -0.2) is 54.1 Å². The Labute approximate surface area is 209 Å². The molecule has 0 bridgehead atoms. The first-order chi connectivity index (χ1) is 17.0. The Morgan fingerprint density at radius 1 is 0.886 bits per heavy atom. The van der Waals surface area contributed by atoms with E-state index in [9.17, 15) is 14.8 Å². The van der Waals surface area contributed by atoms with Crippen molar-refractivity contribution in [2.45, 2.75) is 115 Å². The zero-order chi connectivity index (χ0) is 24.9. The minimum absolute atomic E-state index is 0.100. The number of fused-ring (bicyclic) bond motifs is 1. The fourth-order valence-electron chi connectivity index (χ4n) is 4.45. The fourth-order valence-corrected chi connectivity index (χ4v) is 5.88. The van der Waals surface area contributed by atoms with Crippen LogP contribution < -0.4 is 4.52 Å². The molecule has 2 fully saturated rings. The monoisotopic (exact) mass is 514 g/mol. The molecule has 3 rings (SSSR count). The van der Waals surface area contributed by atoms with Crippen LogP contribution in [0.3, 0.4) is 0 Å². The molecule has 9 heteroatoms. The fraction of sp³-hybridized carbons (Fsp3) is 0.769. The van der Waals surface area contributed by atoms with E-state index < -0.39 is 38.5 Å². The minimum atomic E-state index is -3.95. The Morgan fingerprint density at radius 3 is 2.11 bits per heavy atom. The quantitative estimate of drug-likeness (QED) is 0.212. The molecule has 2 heterocycles. The van der Waals surface area contributed by atoms with Crippen LogP contribution >= 0.6 is 7.82 Å². The van der Waals surface area contributed by atoms with E-state index in [1.54, 1.807) is 30.3 Å². The SMILES string of the molecule is CCCCCCCCCCCCCCO[C@@H]1O[C@@H]2CO[P@](=O)(Oc3ccccc3)O[C@H]2[C@H](O)[C@H]1O. The third-order valence-corrected chi connectivity index (χ3v) is 7.93. The number of para-hydroxylation sites is 1. The molecule has 0 aromatic heterocycles. The summed E-state index contributed by atoms with van der Waals surface area (Å²) in [6.45, 7) is 2.58. The van der Waals surface area contributed by atoms with Gasteiger partial charge < -0.3 is 24.2 Å². The smallest absolute Gasteiger partial charge is 0.404 e. The summed E-state index contributed by atoms with van der Waals surface area (Å²) >= 11 is 0. The van der Waals surface area contributed by atoms with Crippen LogP contribution in [0.15, 0.2) is 30.3 Å². The molecule has 0 aliphatic carbocycles. The first-order valence-corrected chi connectivity index (χ1v) is 14.8. The second-order valence-corrected chi connectivity index (χ2v) is 11.0. The van der Waals surface area contributed by atoms with Crippen LogP contribution in [0.4, 0.5) is 0 Å². The predicted molar refractivity (Wildman–Crippen MR) is 133 cm³/mol. The van der Waals surface area contributed by atoms with Gasteiger partial charge in [0.2, 0.25) is 0 Å². The molecule has 0 saturated carbocycles. The summed E-state index contributed by atoms with van der Waals surface area (Å²) in [6, 6.07) is 8.51. The number of hydrogen-bond donors (Lipinski definition) is 2. The second-order valence-electron chi connectivity index (χ2n) is 9.50. The molecule has 0 amide bonds. The van der Waals surface area contributed by atoms with Crippen molar-refractivity contribution in [2.24, 2.45) is 0 Å². The Kier molecular flexibility index (Phi) is 12.5. The summed E-state index contributed by atoms with van der Waals surface area (Å²) in [5.41, 5.74) is 0. The maximum Gasteiger partial charge on any atom is 0.530 e. The molecule has 200 valence electrons. The summed E-state index contributed by atoms with van der Waals surface area (Å²) in [7, 11) is -3.95. The van der Waals surface area contributed by atoms with E-state index in [0.717, 1.165) is 12.8 Å². The number of phosphoric acid groups is 1. The number of benzene rings is 1. The number of ether oxygens (including phenoxy) is 2. The summed E-state index contributed by atoms with van der Waals surface area (Å²) < 4.78 is 40.5. The molecule has 0 spiro atoms. The maximum atomic E-state index is 12.9. The van der Waals surface area contributed by atoms with Crippen LogP contribution in [0.2, 0.25) is 0 Å². The highest BCUT2D eigenvalue weighted by Crippen LogP contribution is 2.55. The second kappa shape index (κ2) is 15.3. The van der Waals surface area contributed by atoms with Crippen molar-refractivity contribution in [3.05, 3.63) is 30.3 Å². The van der Waals surface area contributed by atoms with Gasteiger partial charge in [0.25, 0.3) is 0 Å². The van der Waals surface area contributed by atoms with Crippen LogP contribution in [0.5, 0.6) is 5.75 Å². The first-order valence-electron chi connectivity index (χ1n) is 13.3. The van der Waals surface area contributed by atoms with Crippen molar-refractivity contribution < 1.29 is 37.8 Å². The van der Waals surface area contributed by atoms with Crippen molar-refractivity contribution in [1.29, 1.82) is 0 Å². The molecule has 1 aromatic carbocycles. The van der Waals surface area contributed by atoms with Crippen molar-refractivity contribution in [3.8, 4) is 5.75 Å². The number of aliphatic hydroxyl groups is 2. The van der Waals surface area contributed by atoms with Gasteiger partial charge in [0.05, 0.1) is 6.61 Å². The van der Waals surface area contributed by atoms with Crippen LogP contribution in [0, 0.1) is 0 Å². The van der Waals surface area contributed by atoms with E-state index in [1.165, 1.54) is 64.2 Å². The minimum Gasteiger partial charge on any atom is -0.404 e. The molecule has 35 heavy (non-hydrogen) atoms. The average molecular weight is 515 g/mol. The molecular weight excluding hydrogens is 471 g/mol. The molecule has 2 aliphatic rings. The normalized spacial score (nSPS) is 30.7. The van der Waals surface area contributed by atoms with Gasteiger partial charge in [-0.1, -0.05) is 95.8 Å². The number of rotatable bonds is 16. The molecule has 0 unspecified atom stereocenters. The van der Waals surface area contributed by atoms with Crippen LogP contribution in [0.25, 0.3) is 0 Å². The number of unbranched alkanes of at least 4 members (excludes halogenated alkanes) is 11. The van der Waals surface area contributed by atoms with Gasteiger partial charge in [-0.25, -0.2) is 4.57 Å². The third-order valence-electron chi connectivity index (χ3n) is 6.53. The largest absolute Gasteiger partial charge is 0.530 e. The highest BCUT2D eigenvalue weighted by Gasteiger charge is 2.53. The van der Waals surface area contributed by atoms with E-state index in [1.807, 2.05) is 0 Å². The molecule has 6 atom stereocenters. The molecule has 1 aromatic rings. The van der Waals surface area contributed by atoms with E-state index in [0.29, 0.717) is 12.4 Å². The van der Waals surface area contributed by atoms with Gasteiger partial charge in [0, 0.05) is 6.61 Å². The predicted octanol–water partition coefficient (Wildman–Crippen LogP) is 5.75. The van der Waals surface area contributed by atoms with E-state index in [-0.39, 0.29) is 6.61 Å². The van der Waals surface area contributed by atoms with Gasteiger partial charge >= 0.3 is 7.82 Å². The lowest BCUT2D eigenvalue weighted by molar-refractivity contribution is -0.304. The molecule has 2 N–H and O–H groups in total. The van der Waals surface area contributed by atoms with Crippen molar-refractivity contribution in [3.63, 3.8) is 0 Å². The number of aliphatic hydroxyl groups excluding tert-OH is 2. The third kappa shape index (κ3) is 9.43. The summed E-state index contributed by atoms with van der Waals surface area (Å²) in [6.07, 6.45) is 9.62. The van der Waals surface area contributed by atoms with E-state index in [2.05, 4.69) is 6.92 Å². The van der Waals surface area contributed by atoms with Crippen molar-refractivity contribution in [1.82, 2.24) is 0 Å². The Bertz CT molecular complexity index is 746. The summed E-state index contributed by atoms with van der Waals surface area (Å²) in [4.78, 5) is 0. The van der Waals surface area contributed by atoms with Gasteiger partial charge in [-0.3, -0.25) is 9.05 Å². The lowest BCUT2D eigenvalue weighted by Gasteiger charge is -2.45.